The first-order chi connectivity index (χ1) is 13.8. The minimum Gasteiger partial charge on any atom is -0.366 e. The molecule has 0 saturated carbocycles. The molecule has 3 heterocycles. The van der Waals surface area contributed by atoms with E-state index in [-0.39, 0.29) is 5.92 Å². The number of nitrogens with two attached hydrogens (primary N) is 1. The van der Waals surface area contributed by atoms with Gasteiger partial charge >= 0.3 is 6.01 Å². The lowest BCUT2D eigenvalue weighted by atomic mass is 9.82. The summed E-state index contributed by atoms with van der Waals surface area (Å²) in [6.07, 6.45) is 5.53. The zero-order chi connectivity index (χ0) is 21.0. The molecule has 29 heavy (non-hydrogen) atoms. The van der Waals surface area contributed by atoms with Crippen molar-refractivity contribution < 1.29 is 9.32 Å². The van der Waals surface area contributed by atoms with Gasteiger partial charge in [0.25, 0.3) is 5.91 Å². The molecular weight excluding hydrogens is 366 g/mol. The van der Waals surface area contributed by atoms with Crippen LogP contribution < -0.4 is 10.6 Å². The average molecular weight is 400 g/mol. The van der Waals surface area contributed by atoms with E-state index in [2.05, 4.69) is 40.8 Å². The quantitative estimate of drug-likeness (QED) is 0.723. The van der Waals surface area contributed by atoms with E-state index < -0.39 is 5.91 Å². The summed E-state index contributed by atoms with van der Waals surface area (Å²) in [5.41, 5.74) is 7.62. The molecular formula is C22H33N5O2. The monoisotopic (exact) mass is 399 g/mol. The van der Waals surface area contributed by atoms with Gasteiger partial charge in [0.05, 0.1) is 11.3 Å². The minimum atomic E-state index is -0.414. The number of anilines is 1. The van der Waals surface area contributed by atoms with Crippen LogP contribution >= 0.6 is 0 Å². The Hall–Kier alpha value is -2.44. The number of nitrogens with zero attached hydrogens (tertiary/aromatic N) is 4. The highest BCUT2D eigenvalue weighted by molar-refractivity contribution is 5.93. The molecule has 3 rings (SSSR count). The number of primary amides is 1. The normalized spacial score (nSPS) is 16.4. The zero-order valence-corrected chi connectivity index (χ0v) is 18.0. The van der Waals surface area contributed by atoms with Crippen LogP contribution in [0.1, 0.15) is 79.9 Å². The first kappa shape index (κ1) is 21.3. The van der Waals surface area contributed by atoms with Gasteiger partial charge in [-0.1, -0.05) is 32.3 Å². The lowest BCUT2D eigenvalue weighted by molar-refractivity contribution is 0.0999. The Morgan fingerprint density at radius 1 is 1.24 bits per heavy atom. The molecule has 0 bridgehead atoms. The molecule has 1 fully saturated rings. The summed E-state index contributed by atoms with van der Waals surface area (Å²) in [5, 5.41) is 4.08. The van der Waals surface area contributed by atoms with Crippen LogP contribution in [0, 0.1) is 18.8 Å². The van der Waals surface area contributed by atoms with Crippen molar-refractivity contribution in [1.82, 2.24) is 15.1 Å². The molecule has 7 heteroatoms. The summed E-state index contributed by atoms with van der Waals surface area (Å²) in [4.78, 5) is 22.6. The molecule has 0 unspecified atom stereocenters. The number of carbonyl (C=O) groups excluding carboxylic acids is 1. The van der Waals surface area contributed by atoms with Crippen LogP contribution in [-0.4, -0.2) is 34.1 Å². The van der Waals surface area contributed by atoms with Gasteiger partial charge in [-0.25, -0.2) is 0 Å². The van der Waals surface area contributed by atoms with E-state index in [9.17, 15) is 4.79 Å². The fourth-order valence-corrected chi connectivity index (χ4v) is 4.10. The highest BCUT2D eigenvalue weighted by Crippen LogP contribution is 2.30. The van der Waals surface area contributed by atoms with Gasteiger partial charge in [0.15, 0.2) is 5.82 Å². The number of rotatable bonds is 8. The van der Waals surface area contributed by atoms with Crippen LogP contribution in [0.4, 0.5) is 6.01 Å². The molecule has 1 aliphatic rings. The summed E-state index contributed by atoms with van der Waals surface area (Å²) < 4.78 is 5.44. The second kappa shape index (κ2) is 9.37. The van der Waals surface area contributed by atoms with Crippen LogP contribution in [0.2, 0.25) is 0 Å². The molecule has 2 N–H and O–H groups in total. The molecule has 0 spiro atoms. The summed E-state index contributed by atoms with van der Waals surface area (Å²) in [6.45, 7) is 10.3. The molecule has 158 valence electrons. The summed E-state index contributed by atoms with van der Waals surface area (Å²) in [7, 11) is 0. The third kappa shape index (κ3) is 5.34. The van der Waals surface area contributed by atoms with Crippen molar-refractivity contribution in [3.05, 3.63) is 34.9 Å². The summed E-state index contributed by atoms with van der Waals surface area (Å²) >= 11 is 0. The standard InChI is InChI=1S/C22H33N5O2/c1-14(2)21-25-22(29-26-21)27-12-10-17(11-13-27)15(3)6-5-7-18-8-9-19(20(23)28)16(4)24-18/h8-9,14-15,17H,5-7,10-13H2,1-4H3,(H2,23,28)/t15-/m1/s1. The first-order valence-corrected chi connectivity index (χ1v) is 10.7. The van der Waals surface area contributed by atoms with Crippen molar-refractivity contribution in [2.24, 2.45) is 17.6 Å². The topological polar surface area (TPSA) is 98.1 Å². The number of aromatic nitrogens is 3. The Balaban J connectivity index is 1.43. The fraction of sp³-hybridized carbons (Fsp3) is 0.636. The maximum atomic E-state index is 11.3. The Kier molecular flexibility index (Phi) is 6.87. The van der Waals surface area contributed by atoms with E-state index in [4.69, 9.17) is 10.3 Å². The van der Waals surface area contributed by atoms with E-state index in [0.717, 1.165) is 61.9 Å². The maximum Gasteiger partial charge on any atom is 0.324 e. The molecule has 1 saturated heterocycles. The Morgan fingerprint density at radius 3 is 2.55 bits per heavy atom. The number of aryl methyl sites for hydroxylation is 2. The molecule has 0 aromatic carbocycles. The van der Waals surface area contributed by atoms with E-state index >= 15 is 0 Å². The highest BCUT2D eigenvalue weighted by atomic mass is 16.5. The molecule has 0 radical (unpaired) electrons. The average Bonchev–Trinajstić information content (AvgIpc) is 3.18. The highest BCUT2D eigenvalue weighted by Gasteiger charge is 2.26. The van der Waals surface area contributed by atoms with Gasteiger partial charge < -0.3 is 15.2 Å². The van der Waals surface area contributed by atoms with Gasteiger partial charge in [-0.3, -0.25) is 9.78 Å². The largest absolute Gasteiger partial charge is 0.366 e. The lowest BCUT2D eigenvalue weighted by Gasteiger charge is -2.33. The van der Waals surface area contributed by atoms with Crippen LogP contribution in [0.25, 0.3) is 0 Å². The van der Waals surface area contributed by atoms with E-state index in [1.807, 2.05) is 13.0 Å². The van der Waals surface area contributed by atoms with Crippen LogP contribution in [-0.2, 0) is 6.42 Å². The number of piperidine rings is 1. The van der Waals surface area contributed by atoms with Crippen LogP contribution in [0.3, 0.4) is 0 Å². The molecule has 1 atom stereocenters. The Labute approximate surface area is 173 Å². The zero-order valence-electron chi connectivity index (χ0n) is 18.0. The minimum absolute atomic E-state index is 0.287. The van der Waals surface area contributed by atoms with Crippen molar-refractivity contribution in [2.45, 2.75) is 65.7 Å². The number of amides is 1. The molecule has 1 aliphatic heterocycles. The Bertz CT molecular complexity index is 824. The van der Waals surface area contributed by atoms with Gasteiger partial charge in [0.1, 0.15) is 0 Å². The predicted octanol–water partition coefficient (Wildman–Crippen LogP) is 3.87. The number of pyridine rings is 1. The molecule has 1 amide bonds. The van der Waals surface area contributed by atoms with E-state index in [0.29, 0.717) is 17.5 Å². The van der Waals surface area contributed by atoms with Crippen molar-refractivity contribution in [1.29, 1.82) is 0 Å². The maximum absolute atomic E-state index is 11.3. The third-order valence-electron chi connectivity index (χ3n) is 6.06. The van der Waals surface area contributed by atoms with Gasteiger partial charge in [-0.2, -0.15) is 4.98 Å². The summed E-state index contributed by atoms with van der Waals surface area (Å²) in [5.74, 6) is 2.06. The Morgan fingerprint density at radius 2 is 1.97 bits per heavy atom. The smallest absolute Gasteiger partial charge is 0.324 e. The molecule has 0 aliphatic carbocycles. The molecule has 7 nitrogen and oxygen atoms in total. The molecule has 2 aromatic heterocycles. The van der Waals surface area contributed by atoms with Crippen molar-refractivity contribution >= 4 is 11.9 Å². The summed E-state index contributed by atoms with van der Waals surface area (Å²) in [6, 6.07) is 4.38. The van der Waals surface area contributed by atoms with Gasteiger partial charge in [-0.15, -0.1) is 0 Å². The molecule has 2 aromatic rings. The number of hydrogen-bond donors (Lipinski definition) is 1. The van der Waals surface area contributed by atoms with E-state index in [1.165, 1.54) is 6.42 Å². The van der Waals surface area contributed by atoms with Crippen molar-refractivity contribution in [3.8, 4) is 0 Å². The van der Waals surface area contributed by atoms with Crippen LogP contribution in [0.5, 0.6) is 0 Å². The SMILES string of the molecule is Cc1nc(CCC[C@@H](C)C2CCN(c3nc(C(C)C)no3)CC2)ccc1C(N)=O. The van der Waals surface area contributed by atoms with Gasteiger partial charge in [0.2, 0.25) is 0 Å². The second-order valence-corrected chi connectivity index (χ2v) is 8.58. The lowest BCUT2D eigenvalue weighted by Crippen LogP contribution is -2.35. The van der Waals surface area contributed by atoms with Crippen molar-refractivity contribution in [3.63, 3.8) is 0 Å². The van der Waals surface area contributed by atoms with Gasteiger partial charge in [-0.05, 0) is 56.6 Å². The fourth-order valence-electron chi connectivity index (χ4n) is 4.10. The second-order valence-electron chi connectivity index (χ2n) is 8.58. The van der Waals surface area contributed by atoms with Crippen LogP contribution in [0.15, 0.2) is 16.7 Å². The van der Waals surface area contributed by atoms with Crippen molar-refractivity contribution in [2.75, 3.05) is 18.0 Å². The predicted molar refractivity (Wildman–Crippen MR) is 113 cm³/mol. The number of carbonyl (C=O) groups is 1. The third-order valence-corrected chi connectivity index (χ3v) is 6.06. The van der Waals surface area contributed by atoms with E-state index in [1.54, 1.807) is 6.07 Å². The first-order valence-electron chi connectivity index (χ1n) is 10.7. The number of hydrogen-bond acceptors (Lipinski definition) is 6. The van der Waals surface area contributed by atoms with Gasteiger partial charge in [0, 0.05) is 24.7 Å².